The Hall–Kier alpha value is -1.08. The Kier molecular flexibility index (Phi) is 7.61. The van der Waals surface area contributed by atoms with E-state index in [1.54, 1.807) is 0 Å². The minimum atomic E-state index is 0.0191. The second kappa shape index (κ2) is 8.97. The molecule has 1 heterocycles. The molecule has 2 N–H and O–H groups in total. The van der Waals surface area contributed by atoms with Crippen LogP contribution < -0.4 is 10.1 Å². The molecule has 6 nitrogen and oxygen atoms in total. The molecule has 0 aliphatic heterocycles. The van der Waals surface area contributed by atoms with Crippen LogP contribution in [0.2, 0.25) is 0 Å². The highest BCUT2D eigenvalue weighted by molar-refractivity contribution is 7.99. The summed E-state index contributed by atoms with van der Waals surface area (Å²) in [4.78, 5) is 12.9. The monoisotopic (exact) mass is 300 g/mol. The summed E-state index contributed by atoms with van der Waals surface area (Å²) in [5.41, 5.74) is 0. The Bertz CT molecular complexity index is 404. The number of hydrogen-bond acceptors (Lipinski definition) is 7. The van der Waals surface area contributed by atoms with Gasteiger partial charge in [-0.2, -0.15) is 15.0 Å². The number of aliphatic hydroxyl groups is 1. The van der Waals surface area contributed by atoms with Crippen molar-refractivity contribution in [2.24, 2.45) is 5.92 Å². The third-order valence-electron chi connectivity index (χ3n) is 2.28. The van der Waals surface area contributed by atoms with Crippen molar-refractivity contribution in [2.75, 3.05) is 24.2 Å². The summed E-state index contributed by atoms with van der Waals surface area (Å²) in [7, 11) is 0. The molecule has 1 rings (SSSR count). The zero-order valence-electron chi connectivity index (χ0n) is 12.6. The fraction of sp³-hybridized carbons (Fsp3) is 0.769. The van der Waals surface area contributed by atoms with Crippen molar-refractivity contribution in [3.8, 4) is 6.01 Å². The van der Waals surface area contributed by atoms with Crippen LogP contribution in [0, 0.1) is 5.92 Å². The summed E-state index contributed by atoms with van der Waals surface area (Å²) < 4.78 is 5.54. The lowest BCUT2D eigenvalue weighted by Gasteiger charge is -2.11. The summed E-state index contributed by atoms with van der Waals surface area (Å²) in [6.45, 7) is 8.90. The van der Waals surface area contributed by atoms with Crippen molar-refractivity contribution in [1.82, 2.24) is 15.0 Å². The summed E-state index contributed by atoms with van der Waals surface area (Å²) in [5.74, 6) is 1.50. The number of rotatable bonds is 9. The first-order chi connectivity index (χ1) is 9.55. The van der Waals surface area contributed by atoms with Gasteiger partial charge in [-0.15, -0.1) is 0 Å². The fourth-order valence-electron chi connectivity index (χ4n) is 1.25. The van der Waals surface area contributed by atoms with Gasteiger partial charge in [-0.3, -0.25) is 0 Å². The first-order valence-corrected chi connectivity index (χ1v) is 7.94. The van der Waals surface area contributed by atoms with Crippen molar-refractivity contribution in [2.45, 2.75) is 45.4 Å². The van der Waals surface area contributed by atoms with Gasteiger partial charge in [-0.25, -0.2) is 0 Å². The van der Waals surface area contributed by atoms with Gasteiger partial charge in [-0.05, 0) is 26.2 Å². The van der Waals surface area contributed by atoms with E-state index in [2.05, 4.69) is 27.2 Å². The molecule has 0 saturated heterocycles. The topological polar surface area (TPSA) is 80.2 Å². The van der Waals surface area contributed by atoms with Crippen molar-refractivity contribution in [1.29, 1.82) is 0 Å². The minimum Gasteiger partial charge on any atom is -0.461 e. The highest BCUT2D eigenvalue weighted by atomic mass is 32.2. The maximum absolute atomic E-state index is 9.05. The van der Waals surface area contributed by atoms with Crippen LogP contribution in [-0.4, -0.2) is 45.1 Å². The smallest absolute Gasteiger partial charge is 0.322 e. The van der Waals surface area contributed by atoms with Gasteiger partial charge in [0.1, 0.15) is 0 Å². The molecule has 0 saturated carbocycles. The molecule has 20 heavy (non-hydrogen) atoms. The van der Waals surface area contributed by atoms with Gasteiger partial charge < -0.3 is 15.2 Å². The molecular weight excluding hydrogens is 276 g/mol. The largest absolute Gasteiger partial charge is 0.461 e. The van der Waals surface area contributed by atoms with Gasteiger partial charge >= 0.3 is 6.01 Å². The van der Waals surface area contributed by atoms with Gasteiger partial charge in [0.05, 0.1) is 6.10 Å². The maximum Gasteiger partial charge on any atom is 0.322 e. The lowest BCUT2D eigenvalue weighted by atomic mass is 10.2. The predicted molar refractivity (Wildman–Crippen MR) is 81.3 cm³/mol. The molecule has 1 aromatic rings. The number of aromatic nitrogens is 3. The first kappa shape index (κ1) is 17.0. The Morgan fingerprint density at radius 2 is 2.00 bits per heavy atom. The molecule has 0 fully saturated rings. The van der Waals surface area contributed by atoms with E-state index in [1.807, 2.05) is 20.8 Å². The SMILES string of the molecule is CCCNc1nc(OC(C)C)nc(SCC(C)CO)n1. The van der Waals surface area contributed by atoms with E-state index in [4.69, 9.17) is 9.84 Å². The number of aliphatic hydroxyl groups excluding tert-OH is 1. The van der Waals surface area contributed by atoms with Crippen LogP contribution >= 0.6 is 11.8 Å². The van der Waals surface area contributed by atoms with E-state index in [0.29, 0.717) is 17.1 Å². The quantitative estimate of drug-likeness (QED) is 0.677. The van der Waals surface area contributed by atoms with Gasteiger partial charge in [0.15, 0.2) is 5.16 Å². The van der Waals surface area contributed by atoms with Gasteiger partial charge in [-0.1, -0.05) is 25.6 Å². The summed E-state index contributed by atoms with van der Waals surface area (Å²) >= 11 is 1.50. The standard InChI is InChI=1S/C13H24N4O2S/c1-5-6-14-11-15-12(19-9(2)3)17-13(16-11)20-8-10(4)7-18/h9-10,18H,5-8H2,1-4H3,(H,14,15,16,17). The molecule has 0 amide bonds. The molecule has 0 aliphatic carbocycles. The molecule has 114 valence electrons. The molecule has 1 unspecified atom stereocenters. The molecule has 1 atom stereocenters. The molecule has 0 aromatic carbocycles. The lowest BCUT2D eigenvalue weighted by Crippen LogP contribution is -2.13. The third-order valence-corrected chi connectivity index (χ3v) is 3.45. The van der Waals surface area contributed by atoms with Crippen LogP contribution in [0.15, 0.2) is 5.16 Å². The predicted octanol–water partition coefficient (Wildman–Crippen LogP) is 2.20. The summed E-state index contributed by atoms with van der Waals surface area (Å²) in [6.07, 6.45) is 1.02. The van der Waals surface area contributed by atoms with E-state index < -0.39 is 0 Å². The normalized spacial score (nSPS) is 12.5. The molecule has 7 heteroatoms. The Labute approximate surface area is 124 Å². The number of ether oxygens (including phenoxy) is 1. The lowest BCUT2D eigenvalue weighted by molar-refractivity contribution is 0.219. The molecular formula is C13H24N4O2S. The van der Waals surface area contributed by atoms with Crippen LogP contribution in [0.4, 0.5) is 5.95 Å². The highest BCUT2D eigenvalue weighted by Gasteiger charge is 2.10. The van der Waals surface area contributed by atoms with Crippen LogP contribution in [0.3, 0.4) is 0 Å². The number of hydrogen-bond donors (Lipinski definition) is 2. The average molecular weight is 300 g/mol. The maximum atomic E-state index is 9.05. The van der Waals surface area contributed by atoms with E-state index in [9.17, 15) is 0 Å². The van der Waals surface area contributed by atoms with Crippen LogP contribution in [0.1, 0.15) is 34.1 Å². The highest BCUT2D eigenvalue weighted by Crippen LogP contribution is 2.20. The fourth-order valence-corrected chi connectivity index (χ4v) is 2.08. The third kappa shape index (κ3) is 6.38. The van der Waals surface area contributed by atoms with Crippen molar-refractivity contribution < 1.29 is 9.84 Å². The van der Waals surface area contributed by atoms with Crippen molar-refractivity contribution in [3.05, 3.63) is 0 Å². The van der Waals surface area contributed by atoms with E-state index in [0.717, 1.165) is 18.7 Å². The van der Waals surface area contributed by atoms with Gasteiger partial charge in [0.2, 0.25) is 5.95 Å². The molecule has 0 aliphatic rings. The number of anilines is 1. The van der Waals surface area contributed by atoms with Gasteiger partial charge in [0, 0.05) is 18.9 Å². The molecule has 0 spiro atoms. The minimum absolute atomic E-state index is 0.0191. The second-order valence-corrected chi connectivity index (χ2v) is 5.90. The molecule has 0 bridgehead atoms. The summed E-state index contributed by atoms with van der Waals surface area (Å²) in [5, 5.41) is 12.8. The summed E-state index contributed by atoms with van der Waals surface area (Å²) in [6, 6.07) is 0.341. The Balaban J connectivity index is 2.79. The van der Waals surface area contributed by atoms with E-state index >= 15 is 0 Å². The Morgan fingerprint density at radius 3 is 2.60 bits per heavy atom. The average Bonchev–Trinajstić information content (AvgIpc) is 2.41. The van der Waals surface area contributed by atoms with Crippen molar-refractivity contribution in [3.63, 3.8) is 0 Å². The zero-order valence-corrected chi connectivity index (χ0v) is 13.4. The van der Waals surface area contributed by atoms with Crippen LogP contribution in [-0.2, 0) is 0 Å². The van der Waals surface area contributed by atoms with E-state index in [1.165, 1.54) is 11.8 Å². The van der Waals surface area contributed by atoms with E-state index in [-0.39, 0.29) is 18.6 Å². The van der Waals surface area contributed by atoms with Crippen LogP contribution in [0.5, 0.6) is 6.01 Å². The van der Waals surface area contributed by atoms with Crippen LogP contribution in [0.25, 0.3) is 0 Å². The molecule has 0 radical (unpaired) electrons. The zero-order chi connectivity index (χ0) is 15.0. The Morgan fingerprint density at radius 1 is 1.25 bits per heavy atom. The second-order valence-electron chi connectivity index (χ2n) is 4.92. The number of nitrogens with one attached hydrogen (secondary N) is 1. The number of thioether (sulfide) groups is 1. The number of nitrogens with zero attached hydrogens (tertiary/aromatic N) is 3. The van der Waals surface area contributed by atoms with Gasteiger partial charge in [0.25, 0.3) is 0 Å². The molecule has 1 aromatic heterocycles. The van der Waals surface area contributed by atoms with Crippen molar-refractivity contribution >= 4 is 17.7 Å². The first-order valence-electron chi connectivity index (χ1n) is 6.95.